The Morgan fingerprint density at radius 2 is 2.00 bits per heavy atom. The summed E-state index contributed by atoms with van der Waals surface area (Å²) in [6.45, 7) is 0.844. The maximum Gasteiger partial charge on any atom is 0.296 e. The maximum atomic E-state index is 13.8. The first-order chi connectivity index (χ1) is 15.9. The van der Waals surface area contributed by atoms with Crippen LogP contribution in [0.25, 0.3) is 0 Å². The molecule has 3 heterocycles. The van der Waals surface area contributed by atoms with E-state index in [9.17, 15) is 23.9 Å². The molecular formula is C23H26FN5O4. The molecule has 9 nitrogen and oxygen atoms in total. The SMILES string of the molecule is CN1C(=O)C=CCCNc2cc(F)ccc2CNC(=O)c2nc3n(c(=O)c2O)CCCCC31. The van der Waals surface area contributed by atoms with Gasteiger partial charge in [0.1, 0.15) is 11.6 Å². The Morgan fingerprint density at radius 1 is 1.18 bits per heavy atom. The fourth-order valence-corrected chi connectivity index (χ4v) is 4.17. The molecule has 2 aliphatic rings. The standard InChI is InChI=1S/C23H26FN5O4/c1-28-17-6-3-5-11-29-21(17)27-19(20(31)23(29)33)22(32)26-13-14-8-9-15(24)12-16(14)25-10-4-2-7-18(28)30/h2,7-9,12,17,25,31H,3-6,10-11,13H2,1H3,(H,26,32). The number of aromatic hydroxyl groups is 1. The molecule has 0 spiro atoms. The fraction of sp³-hybridized carbons (Fsp3) is 0.391. The molecule has 1 aromatic carbocycles. The number of hydrogen-bond acceptors (Lipinski definition) is 6. The number of halogens is 1. The van der Waals surface area contributed by atoms with Crippen LogP contribution >= 0.6 is 0 Å². The van der Waals surface area contributed by atoms with E-state index in [2.05, 4.69) is 15.6 Å². The van der Waals surface area contributed by atoms with Crippen molar-refractivity contribution in [2.75, 3.05) is 18.9 Å². The van der Waals surface area contributed by atoms with Gasteiger partial charge in [-0.1, -0.05) is 12.1 Å². The van der Waals surface area contributed by atoms with E-state index in [0.717, 1.165) is 6.42 Å². The quantitative estimate of drug-likeness (QED) is 0.560. The van der Waals surface area contributed by atoms with Crippen LogP contribution in [0.15, 0.2) is 35.1 Å². The Hall–Kier alpha value is -3.69. The number of anilines is 1. The van der Waals surface area contributed by atoms with Gasteiger partial charge in [0.2, 0.25) is 11.7 Å². The van der Waals surface area contributed by atoms with Crippen molar-refractivity contribution < 1.29 is 19.1 Å². The third kappa shape index (κ3) is 4.59. The number of benzene rings is 1. The van der Waals surface area contributed by atoms with Crippen LogP contribution < -0.4 is 16.2 Å². The molecule has 4 rings (SSSR count). The monoisotopic (exact) mass is 455 g/mol. The first-order valence-electron chi connectivity index (χ1n) is 10.9. The van der Waals surface area contributed by atoms with Crippen molar-refractivity contribution in [3.63, 3.8) is 0 Å². The highest BCUT2D eigenvalue weighted by atomic mass is 19.1. The topological polar surface area (TPSA) is 117 Å². The largest absolute Gasteiger partial charge is 0.501 e. The summed E-state index contributed by atoms with van der Waals surface area (Å²) < 4.78 is 15.1. The van der Waals surface area contributed by atoms with Gasteiger partial charge in [-0.15, -0.1) is 0 Å². The molecule has 1 atom stereocenters. The van der Waals surface area contributed by atoms with Gasteiger partial charge in [0.15, 0.2) is 5.69 Å². The second kappa shape index (κ2) is 9.43. The molecule has 1 unspecified atom stereocenters. The summed E-state index contributed by atoms with van der Waals surface area (Å²) in [4.78, 5) is 44.5. The van der Waals surface area contributed by atoms with E-state index < -0.39 is 34.8 Å². The van der Waals surface area contributed by atoms with Crippen LogP contribution in [-0.4, -0.2) is 45.0 Å². The second-order valence-electron chi connectivity index (χ2n) is 8.19. The lowest BCUT2D eigenvalue weighted by atomic mass is 10.1. The lowest BCUT2D eigenvalue weighted by Crippen LogP contribution is -2.36. The van der Waals surface area contributed by atoms with Crippen molar-refractivity contribution in [2.24, 2.45) is 0 Å². The molecule has 0 radical (unpaired) electrons. The summed E-state index contributed by atoms with van der Waals surface area (Å²) in [5.74, 6) is -1.88. The van der Waals surface area contributed by atoms with Crippen molar-refractivity contribution in [1.82, 2.24) is 19.8 Å². The van der Waals surface area contributed by atoms with Gasteiger partial charge < -0.3 is 20.6 Å². The number of rotatable bonds is 0. The zero-order valence-corrected chi connectivity index (χ0v) is 18.3. The third-order valence-electron chi connectivity index (χ3n) is 6.01. The van der Waals surface area contributed by atoms with Gasteiger partial charge in [-0.25, -0.2) is 9.37 Å². The molecule has 2 aliphatic heterocycles. The molecule has 174 valence electrons. The van der Waals surface area contributed by atoms with Crippen LogP contribution in [0.2, 0.25) is 0 Å². The molecule has 2 bridgehead atoms. The van der Waals surface area contributed by atoms with Gasteiger partial charge in [0.25, 0.3) is 11.5 Å². The van der Waals surface area contributed by atoms with Crippen molar-refractivity contribution >= 4 is 17.5 Å². The van der Waals surface area contributed by atoms with E-state index in [1.165, 1.54) is 27.7 Å². The van der Waals surface area contributed by atoms with Gasteiger partial charge in [0, 0.05) is 32.4 Å². The van der Waals surface area contributed by atoms with E-state index in [0.29, 0.717) is 43.6 Å². The number of carbonyl (C=O) groups is 2. The number of likely N-dealkylation sites (N-methyl/N-ethyl adjacent to an activating group) is 1. The van der Waals surface area contributed by atoms with Crippen molar-refractivity contribution in [2.45, 2.75) is 44.8 Å². The summed E-state index contributed by atoms with van der Waals surface area (Å²) in [5, 5.41) is 16.2. The number of nitrogens with one attached hydrogen (secondary N) is 2. The molecule has 3 N–H and O–H groups in total. The Morgan fingerprint density at radius 3 is 2.82 bits per heavy atom. The molecule has 2 amide bonds. The van der Waals surface area contributed by atoms with Crippen LogP contribution in [-0.2, 0) is 17.9 Å². The van der Waals surface area contributed by atoms with Crippen LogP contribution in [0.1, 0.15) is 53.6 Å². The molecule has 0 fully saturated rings. The second-order valence-corrected chi connectivity index (χ2v) is 8.19. The van der Waals surface area contributed by atoms with Crippen LogP contribution in [0, 0.1) is 5.82 Å². The molecule has 0 aliphatic carbocycles. The highest BCUT2D eigenvalue weighted by Crippen LogP contribution is 2.29. The van der Waals surface area contributed by atoms with Crippen molar-refractivity contribution in [1.29, 1.82) is 0 Å². The molecule has 0 saturated heterocycles. The lowest BCUT2D eigenvalue weighted by Gasteiger charge is -2.27. The van der Waals surface area contributed by atoms with Gasteiger partial charge in [-0.2, -0.15) is 0 Å². The zero-order chi connectivity index (χ0) is 23.5. The van der Waals surface area contributed by atoms with E-state index >= 15 is 0 Å². The third-order valence-corrected chi connectivity index (χ3v) is 6.01. The van der Waals surface area contributed by atoms with Gasteiger partial charge in [0.05, 0.1) is 6.04 Å². The first-order valence-corrected chi connectivity index (χ1v) is 10.9. The van der Waals surface area contributed by atoms with Gasteiger partial charge in [-0.3, -0.25) is 19.0 Å². The van der Waals surface area contributed by atoms with Crippen molar-refractivity contribution in [3.8, 4) is 5.75 Å². The van der Waals surface area contributed by atoms with E-state index in [4.69, 9.17) is 0 Å². The number of hydrogen-bond donors (Lipinski definition) is 3. The predicted octanol–water partition coefficient (Wildman–Crippen LogP) is 2.07. The molecular weight excluding hydrogens is 429 g/mol. The molecule has 2 aromatic rings. The minimum atomic E-state index is -0.732. The Bertz CT molecular complexity index is 1180. The predicted molar refractivity (Wildman–Crippen MR) is 119 cm³/mol. The number of aromatic nitrogens is 2. The summed E-state index contributed by atoms with van der Waals surface area (Å²) >= 11 is 0. The molecule has 33 heavy (non-hydrogen) atoms. The molecule has 10 heteroatoms. The number of amides is 2. The summed E-state index contributed by atoms with van der Waals surface area (Å²) in [6, 6.07) is 3.64. The smallest absolute Gasteiger partial charge is 0.296 e. The Balaban J connectivity index is 1.80. The molecule has 1 aromatic heterocycles. The van der Waals surface area contributed by atoms with Gasteiger partial charge in [-0.05, 0) is 49.5 Å². The highest BCUT2D eigenvalue weighted by Gasteiger charge is 2.30. The van der Waals surface area contributed by atoms with Crippen LogP contribution in [0.3, 0.4) is 0 Å². The highest BCUT2D eigenvalue weighted by molar-refractivity contribution is 5.94. The average Bonchev–Trinajstić information content (AvgIpc) is 3.01. The number of fused-ring (bicyclic) bond motifs is 2. The Labute approximate surface area is 189 Å². The molecule has 0 saturated carbocycles. The van der Waals surface area contributed by atoms with E-state index in [1.54, 1.807) is 19.2 Å². The lowest BCUT2D eigenvalue weighted by molar-refractivity contribution is -0.127. The van der Waals surface area contributed by atoms with E-state index in [1.807, 2.05) is 0 Å². The Kier molecular flexibility index (Phi) is 6.43. The normalized spacial score (nSPS) is 19.3. The fourth-order valence-electron chi connectivity index (χ4n) is 4.17. The van der Waals surface area contributed by atoms with Gasteiger partial charge >= 0.3 is 0 Å². The minimum absolute atomic E-state index is 0.0403. The number of carbonyl (C=O) groups excluding carboxylic acids is 2. The first kappa shape index (κ1) is 22.5. The number of nitrogens with zero attached hydrogens (tertiary/aromatic N) is 3. The van der Waals surface area contributed by atoms with Crippen LogP contribution in [0.5, 0.6) is 5.75 Å². The maximum absolute atomic E-state index is 13.8. The zero-order valence-electron chi connectivity index (χ0n) is 18.3. The summed E-state index contributed by atoms with van der Waals surface area (Å²) in [7, 11) is 1.63. The summed E-state index contributed by atoms with van der Waals surface area (Å²) in [5.41, 5.74) is 0.0240. The average molecular weight is 455 g/mol. The van der Waals surface area contributed by atoms with Crippen LogP contribution in [0.4, 0.5) is 10.1 Å². The van der Waals surface area contributed by atoms with Crippen molar-refractivity contribution in [3.05, 3.63) is 63.6 Å². The minimum Gasteiger partial charge on any atom is -0.501 e. The van der Waals surface area contributed by atoms with E-state index in [-0.39, 0.29) is 18.3 Å². The summed E-state index contributed by atoms with van der Waals surface area (Å²) in [6.07, 6.45) is 5.74.